The molecule has 1 N–H and O–H groups in total. The van der Waals surface area contributed by atoms with E-state index in [1.54, 1.807) is 12.3 Å². The summed E-state index contributed by atoms with van der Waals surface area (Å²) in [4.78, 5) is 13.3. The van der Waals surface area contributed by atoms with E-state index in [4.69, 9.17) is 21.3 Å². The number of ether oxygens (including phenoxy) is 1. The summed E-state index contributed by atoms with van der Waals surface area (Å²) in [5, 5.41) is 7.59. The molecule has 7 nitrogen and oxygen atoms in total. The Bertz CT molecular complexity index is 869. The van der Waals surface area contributed by atoms with Gasteiger partial charge in [-0.05, 0) is 0 Å². The third kappa shape index (κ3) is 2.46. The molecule has 0 saturated carbocycles. The Balaban J connectivity index is 1.80. The molecule has 0 aliphatic carbocycles. The molecule has 8 heteroatoms. The fourth-order valence-electron chi connectivity index (χ4n) is 2.52. The van der Waals surface area contributed by atoms with Crippen LogP contribution in [0.3, 0.4) is 0 Å². The van der Waals surface area contributed by atoms with Gasteiger partial charge in [0.25, 0.3) is 0 Å². The number of aromatic amines is 1. The summed E-state index contributed by atoms with van der Waals surface area (Å²) in [6, 6.07) is 1.71. The molecule has 0 spiro atoms. The first-order valence-electron chi connectivity index (χ1n) is 7.40. The second-order valence-electron chi connectivity index (χ2n) is 5.69. The van der Waals surface area contributed by atoms with Gasteiger partial charge >= 0.3 is 0 Å². The van der Waals surface area contributed by atoms with Crippen molar-refractivity contribution in [2.24, 2.45) is 0 Å². The molecule has 23 heavy (non-hydrogen) atoms. The molecule has 1 aliphatic heterocycles. The number of nitrogens with one attached hydrogen (secondary N) is 1. The predicted molar refractivity (Wildman–Crippen MR) is 85.4 cm³/mol. The van der Waals surface area contributed by atoms with Crippen molar-refractivity contribution in [3.63, 3.8) is 0 Å². The molecule has 0 unspecified atom stereocenters. The third-order valence-electron chi connectivity index (χ3n) is 3.70. The number of fused-ring (bicyclic) bond motifs is 3. The van der Waals surface area contributed by atoms with E-state index in [-0.39, 0.29) is 5.92 Å². The van der Waals surface area contributed by atoms with E-state index in [9.17, 15) is 0 Å². The first-order chi connectivity index (χ1) is 11.1. The van der Waals surface area contributed by atoms with Crippen LogP contribution in [0.4, 0.5) is 0 Å². The smallest absolute Gasteiger partial charge is 0.176 e. The Hall–Kier alpha value is -2.41. The molecular weight excluding hydrogens is 316 g/mol. The SMILES string of the molecule is CC(C)c1n[nH]c(-c2cn3c(n2)-c2cnc(Cl)cc2OCC3)n1. The highest BCUT2D eigenvalue weighted by molar-refractivity contribution is 6.29. The molecule has 0 fully saturated rings. The van der Waals surface area contributed by atoms with E-state index in [0.29, 0.717) is 29.9 Å². The zero-order valence-electron chi connectivity index (χ0n) is 12.7. The molecular formula is C15H15ClN6O. The van der Waals surface area contributed by atoms with Crippen LogP contribution >= 0.6 is 11.6 Å². The number of hydrogen-bond acceptors (Lipinski definition) is 5. The second-order valence-corrected chi connectivity index (χ2v) is 6.08. The monoisotopic (exact) mass is 330 g/mol. The van der Waals surface area contributed by atoms with Crippen LogP contribution in [0.25, 0.3) is 22.9 Å². The van der Waals surface area contributed by atoms with Gasteiger partial charge in [0.1, 0.15) is 29.0 Å². The van der Waals surface area contributed by atoms with Crippen molar-refractivity contribution < 1.29 is 4.74 Å². The highest BCUT2D eigenvalue weighted by atomic mass is 35.5. The summed E-state index contributed by atoms with van der Waals surface area (Å²) < 4.78 is 7.77. The van der Waals surface area contributed by atoms with Crippen LogP contribution in [0.5, 0.6) is 5.75 Å². The van der Waals surface area contributed by atoms with E-state index in [2.05, 4.69) is 34.0 Å². The fraction of sp³-hybridized carbons (Fsp3) is 0.333. The number of nitrogens with zero attached hydrogens (tertiary/aromatic N) is 5. The van der Waals surface area contributed by atoms with Crippen molar-refractivity contribution in [1.82, 2.24) is 29.7 Å². The molecule has 1 aliphatic rings. The Kier molecular flexibility index (Phi) is 3.30. The van der Waals surface area contributed by atoms with Gasteiger partial charge in [0.05, 0.1) is 12.1 Å². The fourth-order valence-corrected chi connectivity index (χ4v) is 2.67. The summed E-state index contributed by atoms with van der Waals surface area (Å²) >= 11 is 5.95. The summed E-state index contributed by atoms with van der Waals surface area (Å²) in [6.45, 7) is 5.35. The van der Waals surface area contributed by atoms with Crippen LogP contribution in [0, 0.1) is 0 Å². The van der Waals surface area contributed by atoms with Gasteiger partial charge in [-0.2, -0.15) is 5.10 Å². The predicted octanol–water partition coefficient (Wildman–Crippen LogP) is 2.90. The lowest BCUT2D eigenvalue weighted by Crippen LogP contribution is -2.04. The van der Waals surface area contributed by atoms with E-state index in [0.717, 1.165) is 22.9 Å². The lowest BCUT2D eigenvalue weighted by Gasteiger charge is -2.05. The largest absolute Gasteiger partial charge is 0.491 e. The lowest BCUT2D eigenvalue weighted by atomic mass is 10.2. The zero-order chi connectivity index (χ0) is 16.0. The molecule has 4 heterocycles. The second kappa shape index (κ2) is 5.34. The number of rotatable bonds is 2. The molecule has 0 atom stereocenters. The first-order valence-corrected chi connectivity index (χ1v) is 7.78. The van der Waals surface area contributed by atoms with E-state index in [1.165, 1.54) is 0 Å². The molecule has 0 radical (unpaired) electrons. The van der Waals surface area contributed by atoms with Crippen LogP contribution < -0.4 is 4.74 Å². The van der Waals surface area contributed by atoms with Crippen molar-refractivity contribution in [3.05, 3.63) is 29.4 Å². The maximum absolute atomic E-state index is 5.95. The molecule has 3 aromatic rings. The molecule has 4 rings (SSSR count). The minimum absolute atomic E-state index is 0.265. The molecule has 0 amide bonds. The minimum atomic E-state index is 0.265. The van der Waals surface area contributed by atoms with Crippen LogP contribution in [-0.4, -0.2) is 36.3 Å². The van der Waals surface area contributed by atoms with E-state index >= 15 is 0 Å². The van der Waals surface area contributed by atoms with Gasteiger partial charge in [-0.15, -0.1) is 0 Å². The standard InChI is InChI=1S/C15H15ClN6O/c1-8(2)13-19-14(21-20-13)10-7-22-3-4-23-11-5-12(16)17-6-9(11)15(22)18-10/h5-8H,3-4H2,1-2H3,(H,19,20,21). The number of pyridine rings is 1. The molecule has 0 aromatic carbocycles. The summed E-state index contributed by atoms with van der Waals surface area (Å²) in [7, 11) is 0. The minimum Gasteiger partial charge on any atom is -0.491 e. The number of imidazole rings is 1. The highest BCUT2D eigenvalue weighted by Gasteiger charge is 2.21. The third-order valence-corrected chi connectivity index (χ3v) is 3.91. The average molecular weight is 331 g/mol. The van der Waals surface area contributed by atoms with Gasteiger partial charge in [-0.3, -0.25) is 5.10 Å². The molecule has 3 aromatic heterocycles. The van der Waals surface area contributed by atoms with E-state index in [1.807, 2.05) is 10.8 Å². The van der Waals surface area contributed by atoms with Gasteiger partial charge < -0.3 is 9.30 Å². The Morgan fingerprint density at radius 2 is 2.22 bits per heavy atom. The van der Waals surface area contributed by atoms with Crippen LogP contribution in [0.2, 0.25) is 5.15 Å². The molecule has 118 valence electrons. The van der Waals surface area contributed by atoms with Gasteiger partial charge in [-0.25, -0.2) is 15.0 Å². The normalized spacial score (nSPS) is 13.4. The summed E-state index contributed by atoms with van der Waals surface area (Å²) in [6.07, 6.45) is 3.64. The first kappa shape index (κ1) is 14.2. The number of halogens is 1. The number of hydrogen-bond donors (Lipinski definition) is 1. The Labute approximate surface area is 137 Å². The maximum atomic E-state index is 5.95. The maximum Gasteiger partial charge on any atom is 0.176 e. The average Bonchev–Trinajstić information content (AvgIpc) is 3.12. The van der Waals surface area contributed by atoms with Gasteiger partial charge in [0.2, 0.25) is 0 Å². The van der Waals surface area contributed by atoms with Crippen LogP contribution in [-0.2, 0) is 6.54 Å². The quantitative estimate of drug-likeness (QED) is 0.731. The topological polar surface area (TPSA) is 81.5 Å². The van der Waals surface area contributed by atoms with E-state index < -0.39 is 0 Å². The molecule has 0 saturated heterocycles. The van der Waals surface area contributed by atoms with Crippen LogP contribution in [0.1, 0.15) is 25.6 Å². The Morgan fingerprint density at radius 3 is 3.00 bits per heavy atom. The van der Waals surface area contributed by atoms with Crippen LogP contribution in [0.15, 0.2) is 18.5 Å². The van der Waals surface area contributed by atoms with Crippen molar-refractivity contribution in [2.75, 3.05) is 6.61 Å². The zero-order valence-corrected chi connectivity index (χ0v) is 13.5. The molecule has 0 bridgehead atoms. The van der Waals surface area contributed by atoms with Crippen molar-refractivity contribution in [2.45, 2.75) is 26.3 Å². The summed E-state index contributed by atoms with van der Waals surface area (Å²) in [5.74, 6) is 3.19. The lowest BCUT2D eigenvalue weighted by molar-refractivity contribution is 0.306. The van der Waals surface area contributed by atoms with Crippen molar-refractivity contribution in [3.8, 4) is 28.7 Å². The van der Waals surface area contributed by atoms with Crippen molar-refractivity contribution >= 4 is 11.6 Å². The Morgan fingerprint density at radius 1 is 1.35 bits per heavy atom. The summed E-state index contributed by atoms with van der Waals surface area (Å²) in [5.41, 5.74) is 1.57. The number of aromatic nitrogens is 6. The van der Waals surface area contributed by atoms with Crippen molar-refractivity contribution in [1.29, 1.82) is 0 Å². The highest BCUT2D eigenvalue weighted by Crippen LogP contribution is 2.34. The van der Waals surface area contributed by atoms with Gasteiger partial charge in [0.15, 0.2) is 11.6 Å². The number of H-pyrrole nitrogens is 1. The van der Waals surface area contributed by atoms with Gasteiger partial charge in [-0.1, -0.05) is 25.4 Å². The van der Waals surface area contributed by atoms with Gasteiger partial charge in [0, 0.05) is 24.4 Å².